The summed E-state index contributed by atoms with van der Waals surface area (Å²) < 4.78 is 0. The van der Waals surface area contributed by atoms with Crippen LogP contribution in [0, 0.1) is 5.92 Å². The van der Waals surface area contributed by atoms with Crippen LogP contribution in [0.3, 0.4) is 0 Å². The summed E-state index contributed by atoms with van der Waals surface area (Å²) in [5.41, 5.74) is 2.72. The van der Waals surface area contributed by atoms with Crippen LogP contribution in [0.15, 0.2) is 24.3 Å². The molecule has 0 fully saturated rings. The van der Waals surface area contributed by atoms with Crippen LogP contribution in [0.2, 0.25) is 0 Å². The van der Waals surface area contributed by atoms with E-state index in [1.54, 1.807) is 0 Å². The lowest BCUT2D eigenvalue weighted by Gasteiger charge is -2.25. The van der Waals surface area contributed by atoms with Crippen molar-refractivity contribution in [2.45, 2.75) is 27.3 Å². The van der Waals surface area contributed by atoms with E-state index < -0.39 is 0 Å². The van der Waals surface area contributed by atoms with Gasteiger partial charge in [-0.25, -0.2) is 0 Å². The van der Waals surface area contributed by atoms with Gasteiger partial charge < -0.3 is 14.7 Å². The van der Waals surface area contributed by atoms with E-state index in [2.05, 4.69) is 80.9 Å². The van der Waals surface area contributed by atoms with Crippen LogP contribution in [0.25, 0.3) is 0 Å². The highest BCUT2D eigenvalue weighted by molar-refractivity contribution is 5.47. The Bertz CT molecular complexity index is 384. The molecule has 0 N–H and O–H groups in total. The molecular weight excluding hydrogens is 258 g/mol. The Morgan fingerprint density at radius 1 is 0.952 bits per heavy atom. The summed E-state index contributed by atoms with van der Waals surface area (Å²) in [5, 5.41) is 0. The molecule has 21 heavy (non-hydrogen) atoms. The third-order valence-electron chi connectivity index (χ3n) is 3.63. The maximum Gasteiger partial charge on any atom is 0.0366 e. The van der Waals surface area contributed by atoms with Gasteiger partial charge in [0.15, 0.2) is 0 Å². The predicted molar refractivity (Wildman–Crippen MR) is 94.1 cm³/mol. The number of rotatable bonds is 9. The zero-order valence-corrected chi connectivity index (χ0v) is 14.8. The van der Waals surface area contributed by atoms with Gasteiger partial charge in [0.05, 0.1) is 0 Å². The molecule has 0 aliphatic carbocycles. The summed E-state index contributed by atoms with van der Waals surface area (Å²) in [4.78, 5) is 7.06. The van der Waals surface area contributed by atoms with Gasteiger partial charge in [-0.2, -0.15) is 0 Å². The average Bonchev–Trinajstić information content (AvgIpc) is 2.40. The van der Waals surface area contributed by atoms with E-state index in [4.69, 9.17) is 0 Å². The summed E-state index contributed by atoms with van der Waals surface area (Å²) in [6.45, 7) is 12.2. The lowest BCUT2D eigenvalue weighted by atomic mass is 10.1. The second kappa shape index (κ2) is 9.06. The van der Waals surface area contributed by atoms with Crippen LogP contribution in [0.1, 0.15) is 26.3 Å². The topological polar surface area (TPSA) is 9.72 Å². The Labute approximate surface area is 131 Å². The van der Waals surface area contributed by atoms with Gasteiger partial charge in [0.1, 0.15) is 0 Å². The van der Waals surface area contributed by atoms with Gasteiger partial charge in [-0.3, -0.25) is 0 Å². The number of benzene rings is 1. The normalized spacial score (nSPS) is 11.7. The molecule has 1 aromatic rings. The molecule has 1 aromatic carbocycles. The molecule has 0 aliphatic rings. The third-order valence-corrected chi connectivity index (χ3v) is 3.63. The number of hydrogen-bond acceptors (Lipinski definition) is 3. The molecule has 0 saturated carbocycles. The summed E-state index contributed by atoms with van der Waals surface area (Å²) in [5.74, 6) is 0.718. The Morgan fingerprint density at radius 2 is 1.57 bits per heavy atom. The average molecular weight is 291 g/mol. The standard InChI is InChI=1S/C18H33N3/c1-7-21(13-12-19(4)5)18-10-8-17(9-11-18)15-20(6)14-16(2)3/h8-11,16H,7,12-15H2,1-6H3. The largest absolute Gasteiger partial charge is 0.371 e. The van der Waals surface area contributed by atoms with E-state index in [-0.39, 0.29) is 0 Å². The van der Waals surface area contributed by atoms with E-state index in [9.17, 15) is 0 Å². The highest BCUT2D eigenvalue weighted by Crippen LogP contribution is 2.16. The van der Waals surface area contributed by atoms with E-state index in [1.807, 2.05) is 0 Å². The van der Waals surface area contributed by atoms with Gasteiger partial charge in [0.25, 0.3) is 0 Å². The molecule has 0 amide bonds. The highest BCUT2D eigenvalue weighted by atomic mass is 15.2. The minimum atomic E-state index is 0.718. The molecule has 3 heteroatoms. The summed E-state index contributed by atoms with van der Waals surface area (Å²) >= 11 is 0. The molecule has 3 nitrogen and oxygen atoms in total. The minimum absolute atomic E-state index is 0.718. The fourth-order valence-electron chi connectivity index (χ4n) is 2.60. The monoisotopic (exact) mass is 291 g/mol. The maximum atomic E-state index is 2.43. The number of nitrogens with zero attached hydrogens (tertiary/aromatic N) is 3. The maximum absolute atomic E-state index is 2.43. The highest BCUT2D eigenvalue weighted by Gasteiger charge is 2.06. The zero-order valence-electron chi connectivity index (χ0n) is 14.8. The van der Waals surface area contributed by atoms with Crippen LogP contribution < -0.4 is 4.90 Å². The van der Waals surface area contributed by atoms with Crippen molar-refractivity contribution in [3.05, 3.63) is 29.8 Å². The fraction of sp³-hybridized carbons (Fsp3) is 0.667. The van der Waals surface area contributed by atoms with Crippen molar-refractivity contribution in [2.75, 3.05) is 52.2 Å². The van der Waals surface area contributed by atoms with Crippen molar-refractivity contribution in [3.63, 3.8) is 0 Å². The van der Waals surface area contributed by atoms with Crippen LogP contribution in [-0.4, -0.2) is 57.1 Å². The van der Waals surface area contributed by atoms with E-state index in [1.165, 1.54) is 11.3 Å². The Kier molecular flexibility index (Phi) is 7.76. The molecule has 0 unspecified atom stereocenters. The number of anilines is 1. The number of hydrogen-bond donors (Lipinski definition) is 0. The van der Waals surface area contributed by atoms with E-state index in [0.717, 1.165) is 38.6 Å². The Hall–Kier alpha value is -1.06. The molecule has 1 rings (SSSR count). The molecule has 0 saturated heterocycles. The van der Waals surface area contributed by atoms with Crippen molar-refractivity contribution in [1.82, 2.24) is 9.80 Å². The molecule has 0 spiro atoms. The Morgan fingerprint density at radius 3 is 2.05 bits per heavy atom. The third kappa shape index (κ3) is 6.96. The van der Waals surface area contributed by atoms with Crippen molar-refractivity contribution in [2.24, 2.45) is 5.92 Å². The molecule has 120 valence electrons. The molecular formula is C18H33N3. The predicted octanol–water partition coefficient (Wildman–Crippen LogP) is 3.16. The van der Waals surface area contributed by atoms with Crippen LogP contribution in [0.4, 0.5) is 5.69 Å². The van der Waals surface area contributed by atoms with Gasteiger partial charge in [-0.05, 0) is 51.7 Å². The first-order valence-corrected chi connectivity index (χ1v) is 8.09. The van der Waals surface area contributed by atoms with Crippen molar-refractivity contribution < 1.29 is 0 Å². The lowest BCUT2D eigenvalue weighted by molar-refractivity contribution is 0.288. The van der Waals surface area contributed by atoms with Crippen LogP contribution >= 0.6 is 0 Å². The van der Waals surface area contributed by atoms with Gasteiger partial charge in [-0.1, -0.05) is 26.0 Å². The smallest absolute Gasteiger partial charge is 0.0366 e. The summed E-state index contributed by atoms with van der Waals surface area (Å²) in [6, 6.07) is 9.06. The molecule has 0 bridgehead atoms. The van der Waals surface area contributed by atoms with Crippen molar-refractivity contribution in [1.29, 1.82) is 0 Å². The fourth-order valence-corrected chi connectivity index (χ4v) is 2.60. The van der Waals surface area contributed by atoms with E-state index in [0.29, 0.717) is 0 Å². The second-order valence-electron chi connectivity index (χ2n) is 6.64. The molecule has 0 aliphatic heterocycles. The first kappa shape index (κ1) is 18.0. The zero-order chi connectivity index (χ0) is 15.8. The van der Waals surface area contributed by atoms with Gasteiger partial charge in [0.2, 0.25) is 0 Å². The SMILES string of the molecule is CCN(CCN(C)C)c1ccc(CN(C)CC(C)C)cc1. The van der Waals surface area contributed by atoms with Gasteiger partial charge in [0, 0.05) is 38.4 Å². The van der Waals surface area contributed by atoms with Crippen molar-refractivity contribution in [3.8, 4) is 0 Å². The Balaban J connectivity index is 2.59. The molecule has 0 atom stereocenters. The minimum Gasteiger partial charge on any atom is -0.371 e. The molecule has 0 aromatic heterocycles. The van der Waals surface area contributed by atoms with Gasteiger partial charge >= 0.3 is 0 Å². The van der Waals surface area contributed by atoms with Crippen LogP contribution in [0.5, 0.6) is 0 Å². The first-order valence-electron chi connectivity index (χ1n) is 8.09. The van der Waals surface area contributed by atoms with E-state index >= 15 is 0 Å². The van der Waals surface area contributed by atoms with Gasteiger partial charge in [-0.15, -0.1) is 0 Å². The summed E-state index contributed by atoms with van der Waals surface area (Å²) in [7, 11) is 6.45. The number of likely N-dealkylation sites (N-methyl/N-ethyl adjacent to an activating group) is 2. The van der Waals surface area contributed by atoms with Crippen molar-refractivity contribution >= 4 is 5.69 Å². The summed E-state index contributed by atoms with van der Waals surface area (Å²) in [6.07, 6.45) is 0. The molecule has 0 radical (unpaired) electrons. The lowest BCUT2D eigenvalue weighted by Crippen LogP contribution is -2.31. The first-order chi connectivity index (χ1) is 9.92. The quantitative estimate of drug-likeness (QED) is 0.692. The second-order valence-corrected chi connectivity index (χ2v) is 6.64. The van der Waals surface area contributed by atoms with Crippen LogP contribution in [-0.2, 0) is 6.54 Å². The molecule has 0 heterocycles.